The molecule has 0 radical (unpaired) electrons. The van der Waals surface area contributed by atoms with Crippen molar-refractivity contribution in [2.75, 3.05) is 38.1 Å². The monoisotopic (exact) mass is 310 g/mol. The van der Waals surface area contributed by atoms with E-state index in [2.05, 4.69) is 38.8 Å². The molecule has 4 heteroatoms. The minimum absolute atomic E-state index is 0.101. The Morgan fingerprint density at radius 2 is 2.00 bits per heavy atom. The molecule has 0 amide bonds. The van der Waals surface area contributed by atoms with E-state index in [0.29, 0.717) is 0 Å². The van der Waals surface area contributed by atoms with Crippen LogP contribution in [0, 0.1) is 0 Å². The Morgan fingerprint density at radius 3 is 2.67 bits per heavy atom. The largest absolute Gasteiger partial charge is 0.370 e. The van der Waals surface area contributed by atoms with E-state index >= 15 is 0 Å². The van der Waals surface area contributed by atoms with E-state index < -0.39 is 0 Å². The van der Waals surface area contributed by atoms with Crippen LogP contribution in [0.25, 0.3) is 0 Å². The fourth-order valence-corrected chi connectivity index (χ4v) is 2.94. The van der Waals surface area contributed by atoms with Crippen LogP contribution < -0.4 is 4.90 Å². The Morgan fingerprint density at radius 1 is 1.22 bits per heavy atom. The first-order valence-electron chi connectivity index (χ1n) is 6.32. The lowest BCUT2D eigenvalue weighted by Crippen LogP contribution is -2.28. The molecule has 0 N–H and O–H groups in total. The van der Waals surface area contributed by atoms with Crippen molar-refractivity contribution in [2.45, 2.75) is 13.3 Å². The molecule has 1 saturated heterocycles. The van der Waals surface area contributed by atoms with Gasteiger partial charge in [0.2, 0.25) is 0 Å². The van der Waals surface area contributed by atoms with Gasteiger partial charge in [-0.3, -0.25) is 4.79 Å². The van der Waals surface area contributed by atoms with E-state index in [4.69, 9.17) is 0 Å². The SMILES string of the molecule is CC(=O)c1ccc(N2CCCN(C)CC2)cc1Br. The van der Waals surface area contributed by atoms with Gasteiger partial charge in [-0.15, -0.1) is 0 Å². The van der Waals surface area contributed by atoms with Crippen LogP contribution in [0.1, 0.15) is 23.7 Å². The number of anilines is 1. The van der Waals surface area contributed by atoms with E-state index in [9.17, 15) is 4.79 Å². The highest BCUT2D eigenvalue weighted by atomic mass is 79.9. The molecular weight excluding hydrogens is 292 g/mol. The number of Topliss-reactive ketones (excluding diaryl/α,β-unsaturated/α-hetero) is 1. The minimum atomic E-state index is 0.101. The summed E-state index contributed by atoms with van der Waals surface area (Å²) in [6.07, 6.45) is 1.18. The van der Waals surface area contributed by atoms with Crippen molar-refractivity contribution in [2.24, 2.45) is 0 Å². The third kappa shape index (κ3) is 3.12. The number of nitrogens with zero attached hydrogens (tertiary/aromatic N) is 2. The second-order valence-electron chi connectivity index (χ2n) is 4.86. The van der Waals surface area contributed by atoms with Crippen molar-refractivity contribution in [3.8, 4) is 0 Å². The number of carbonyl (C=O) groups is 1. The number of benzene rings is 1. The zero-order valence-corrected chi connectivity index (χ0v) is 12.5. The van der Waals surface area contributed by atoms with Gasteiger partial charge in [0.1, 0.15) is 0 Å². The molecular formula is C14H19BrN2O. The van der Waals surface area contributed by atoms with Crippen LogP contribution in [0.3, 0.4) is 0 Å². The molecule has 1 aliphatic heterocycles. The van der Waals surface area contributed by atoms with Gasteiger partial charge in [0.15, 0.2) is 5.78 Å². The second kappa shape index (κ2) is 5.85. The molecule has 3 nitrogen and oxygen atoms in total. The molecule has 2 rings (SSSR count). The minimum Gasteiger partial charge on any atom is -0.370 e. The lowest BCUT2D eigenvalue weighted by molar-refractivity contribution is 0.101. The Balaban J connectivity index is 2.18. The topological polar surface area (TPSA) is 23.6 Å². The molecule has 0 spiro atoms. The lowest BCUT2D eigenvalue weighted by atomic mass is 10.1. The smallest absolute Gasteiger partial charge is 0.160 e. The van der Waals surface area contributed by atoms with Gasteiger partial charge in [-0.1, -0.05) is 0 Å². The van der Waals surface area contributed by atoms with Crippen LogP contribution in [-0.2, 0) is 0 Å². The average Bonchev–Trinajstić information content (AvgIpc) is 2.53. The van der Waals surface area contributed by atoms with Crippen molar-refractivity contribution in [3.05, 3.63) is 28.2 Å². The summed E-state index contributed by atoms with van der Waals surface area (Å²) in [5, 5.41) is 0. The summed E-state index contributed by atoms with van der Waals surface area (Å²) in [6.45, 7) is 5.97. The van der Waals surface area contributed by atoms with Crippen LogP contribution in [0.2, 0.25) is 0 Å². The molecule has 18 heavy (non-hydrogen) atoms. The van der Waals surface area contributed by atoms with E-state index in [1.807, 2.05) is 12.1 Å². The van der Waals surface area contributed by atoms with Crippen LogP contribution in [0.5, 0.6) is 0 Å². The van der Waals surface area contributed by atoms with E-state index in [0.717, 1.165) is 36.2 Å². The highest BCUT2D eigenvalue weighted by Crippen LogP contribution is 2.25. The number of halogens is 1. The van der Waals surface area contributed by atoms with Gasteiger partial charge in [0, 0.05) is 35.4 Å². The van der Waals surface area contributed by atoms with Crippen LogP contribution in [0.15, 0.2) is 22.7 Å². The molecule has 1 aromatic rings. The number of likely N-dealkylation sites (N-methyl/N-ethyl adjacent to an activating group) is 1. The van der Waals surface area contributed by atoms with Crippen molar-refractivity contribution < 1.29 is 4.79 Å². The summed E-state index contributed by atoms with van der Waals surface area (Å²) in [5.41, 5.74) is 1.95. The van der Waals surface area contributed by atoms with Gasteiger partial charge in [-0.2, -0.15) is 0 Å². The zero-order valence-electron chi connectivity index (χ0n) is 10.9. The molecule has 0 aliphatic carbocycles. The Bertz CT molecular complexity index is 447. The summed E-state index contributed by atoms with van der Waals surface area (Å²) >= 11 is 3.49. The van der Waals surface area contributed by atoms with Crippen molar-refractivity contribution in [1.29, 1.82) is 0 Å². The number of carbonyl (C=O) groups excluding carboxylic acids is 1. The molecule has 0 aromatic heterocycles. The Hall–Kier alpha value is -0.870. The summed E-state index contributed by atoms with van der Waals surface area (Å²) in [4.78, 5) is 16.1. The van der Waals surface area contributed by atoms with Gasteiger partial charge < -0.3 is 9.80 Å². The van der Waals surface area contributed by atoms with Crippen LogP contribution in [-0.4, -0.2) is 43.9 Å². The molecule has 1 fully saturated rings. The molecule has 0 saturated carbocycles. The summed E-state index contributed by atoms with van der Waals surface area (Å²) < 4.78 is 0.894. The van der Waals surface area contributed by atoms with Gasteiger partial charge in [-0.25, -0.2) is 0 Å². The number of hydrogen-bond donors (Lipinski definition) is 0. The molecule has 1 aromatic carbocycles. The molecule has 0 bridgehead atoms. The predicted molar refractivity (Wildman–Crippen MR) is 78.5 cm³/mol. The normalized spacial score (nSPS) is 17.6. The molecule has 0 atom stereocenters. The average molecular weight is 311 g/mol. The Kier molecular flexibility index (Phi) is 4.40. The highest BCUT2D eigenvalue weighted by molar-refractivity contribution is 9.10. The number of rotatable bonds is 2. The third-order valence-corrected chi connectivity index (χ3v) is 4.07. The highest BCUT2D eigenvalue weighted by Gasteiger charge is 2.14. The maximum atomic E-state index is 11.4. The number of hydrogen-bond acceptors (Lipinski definition) is 3. The zero-order chi connectivity index (χ0) is 13.1. The van der Waals surface area contributed by atoms with Gasteiger partial charge in [0.25, 0.3) is 0 Å². The number of ketones is 1. The maximum Gasteiger partial charge on any atom is 0.160 e. The van der Waals surface area contributed by atoms with Gasteiger partial charge in [0.05, 0.1) is 0 Å². The molecule has 1 heterocycles. The predicted octanol–water partition coefficient (Wildman–Crippen LogP) is 2.79. The van der Waals surface area contributed by atoms with E-state index in [1.54, 1.807) is 6.92 Å². The fraction of sp³-hybridized carbons (Fsp3) is 0.500. The van der Waals surface area contributed by atoms with E-state index in [1.165, 1.54) is 12.1 Å². The van der Waals surface area contributed by atoms with Gasteiger partial charge in [-0.05, 0) is 61.1 Å². The maximum absolute atomic E-state index is 11.4. The summed E-state index contributed by atoms with van der Waals surface area (Å²) in [7, 11) is 2.16. The third-order valence-electron chi connectivity index (χ3n) is 3.42. The van der Waals surface area contributed by atoms with Crippen LogP contribution >= 0.6 is 15.9 Å². The first kappa shape index (κ1) is 13.6. The first-order valence-corrected chi connectivity index (χ1v) is 7.11. The van der Waals surface area contributed by atoms with Crippen molar-refractivity contribution in [3.63, 3.8) is 0 Å². The lowest BCUT2D eigenvalue weighted by Gasteiger charge is -2.23. The summed E-state index contributed by atoms with van der Waals surface area (Å²) in [5.74, 6) is 0.101. The quantitative estimate of drug-likeness (QED) is 0.785. The summed E-state index contributed by atoms with van der Waals surface area (Å²) in [6, 6.07) is 6.02. The molecule has 98 valence electrons. The van der Waals surface area contributed by atoms with Crippen molar-refractivity contribution >= 4 is 27.4 Å². The second-order valence-corrected chi connectivity index (χ2v) is 5.72. The molecule has 0 unspecified atom stereocenters. The Labute approximate surface area is 117 Å². The van der Waals surface area contributed by atoms with Gasteiger partial charge >= 0.3 is 0 Å². The van der Waals surface area contributed by atoms with E-state index in [-0.39, 0.29) is 5.78 Å². The van der Waals surface area contributed by atoms with Crippen LogP contribution in [0.4, 0.5) is 5.69 Å². The fourth-order valence-electron chi connectivity index (χ4n) is 2.29. The van der Waals surface area contributed by atoms with Crippen molar-refractivity contribution in [1.82, 2.24) is 4.90 Å². The first-order chi connectivity index (χ1) is 8.58. The standard InChI is InChI=1S/C14H19BrN2O/c1-11(18)13-5-4-12(10-14(13)15)17-7-3-6-16(2)8-9-17/h4-5,10H,3,6-9H2,1-2H3. The molecule has 1 aliphatic rings.